The molecule has 1 rings (SSSR count). The zero-order valence-electron chi connectivity index (χ0n) is 11.5. The van der Waals surface area contributed by atoms with E-state index in [1.807, 2.05) is 0 Å². The lowest BCUT2D eigenvalue weighted by molar-refractivity contribution is 0.0174. The van der Waals surface area contributed by atoms with Gasteiger partial charge in [-0.15, -0.1) is 0 Å². The van der Waals surface area contributed by atoms with Gasteiger partial charge in [-0.1, -0.05) is 0 Å². The minimum absolute atomic E-state index is 0.308. The molecule has 4 heteroatoms. The molecular formula is C13H28N2O2. The quantitative estimate of drug-likeness (QED) is 0.728. The van der Waals surface area contributed by atoms with Crippen LogP contribution in [0.1, 0.15) is 26.7 Å². The highest BCUT2D eigenvalue weighted by Crippen LogP contribution is 2.21. The van der Waals surface area contributed by atoms with Crippen LogP contribution in [0.15, 0.2) is 0 Å². The fraction of sp³-hybridized carbons (Fsp3) is 1.00. The summed E-state index contributed by atoms with van der Waals surface area (Å²) in [5.41, 5.74) is 5.91. The summed E-state index contributed by atoms with van der Waals surface area (Å²) in [7, 11) is 2.15. The minimum atomic E-state index is 0.308. The Balaban J connectivity index is 2.31. The predicted octanol–water partition coefficient (Wildman–Crippen LogP) is 1.10. The average Bonchev–Trinajstić information content (AvgIpc) is 2.31. The maximum absolute atomic E-state index is 5.91. The molecule has 0 spiro atoms. The van der Waals surface area contributed by atoms with Crippen LogP contribution in [-0.4, -0.2) is 57.0 Å². The molecule has 1 unspecified atom stereocenters. The second-order valence-corrected chi connectivity index (χ2v) is 5.15. The number of hydrogen-bond donors (Lipinski definition) is 1. The molecular weight excluding hydrogens is 216 g/mol. The number of likely N-dealkylation sites (N-methyl/N-ethyl adjacent to an activating group) is 1. The second-order valence-electron chi connectivity index (χ2n) is 5.15. The van der Waals surface area contributed by atoms with Crippen LogP contribution in [0.4, 0.5) is 0 Å². The van der Waals surface area contributed by atoms with Gasteiger partial charge in [0.2, 0.25) is 0 Å². The zero-order chi connectivity index (χ0) is 12.7. The van der Waals surface area contributed by atoms with Crippen molar-refractivity contribution in [3.05, 3.63) is 0 Å². The van der Waals surface area contributed by atoms with Crippen LogP contribution in [0.3, 0.4) is 0 Å². The van der Waals surface area contributed by atoms with Crippen molar-refractivity contribution < 1.29 is 9.47 Å². The van der Waals surface area contributed by atoms with Crippen LogP contribution in [-0.2, 0) is 9.47 Å². The summed E-state index contributed by atoms with van der Waals surface area (Å²) in [6, 6.07) is 0.467. The first-order valence-corrected chi connectivity index (χ1v) is 6.74. The lowest BCUT2D eigenvalue weighted by Crippen LogP contribution is -2.46. The molecule has 4 nitrogen and oxygen atoms in total. The van der Waals surface area contributed by atoms with Crippen molar-refractivity contribution in [3.63, 3.8) is 0 Å². The van der Waals surface area contributed by atoms with Crippen LogP contribution in [0, 0.1) is 5.92 Å². The molecule has 0 aromatic carbocycles. The summed E-state index contributed by atoms with van der Waals surface area (Å²) in [6.07, 6.45) is 2.58. The molecule has 102 valence electrons. The van der Waals surface area contributed by atoms with Crippen LogP contribution >= 0.6 is 0 Å². The van der Waals surface area contributed by atoms with Gasteiger partial charge in [-0.25, -0.2) is 0 Å². The molecule has 0 radical (unpaired) electrons. The molecule has 0 aromatic rings. The predicted molar refractivity (Wildman–Crippen MR) is 70.1 cm³/mol. The van der Waals surface area contributed by atoms with E-state index in [1.54, 1.807) is 0 Å². The molecule has 0 amide bonds. The Labute approximate surface area is 105 Å². The number of nitrogens with two attached hydrogens (primary N) is 1. The van der Waals surface area contributed by atoms with Crippen molar-refractivity contribution in [3.8, 4) is 0 Å². The van der Waals surface area contributed by atoms with Crippen molar-refractivity contribution in [1.82, 2.24) is 4.90 Å². The minimum Gasteiger partial charge on any atom is -0.381 e. The van der Waals surface area contributed by atoms with Gasteiger partial charge >= 0.3 is 0 Å². The normalized spacial score (nSPS) is 20.1. The van der Waals surface area contributed by atoms with E-state index in [-0.39, 0.29) is 0 Å². The Kier molecular flexibility index (Phi) is 7.04. The van der Waals surface area contributed by atoms with E-state index in [1.165, 1.54) is 0 Å². The Bertz CT molecular complexity index is 194. The number of nitrogens with zero attached hydrogens (tertiary/aromatic N) is 1. The van der Waals surface area contributed by atoms with Gasteiger partial charge in [0.25, 0.3) is 0 Å². The Hall–Kier alpha value is -0.160. The summed E-state index contributed by atoms with van der Waals surface area (Å²) >= 11 is 0. The second kappa shape index (κ2) is 8.03. The van der Waals surface area contributed by atoms with Crippen molar-refractivity contribution in [1.29, 1.82) is 0 Å². The van der Waals surface area contributed by atoms with Gasteiger partial charge in [0.1, 0.15) is 0 Å². The van der Waals surface area contributed by atoms with Gasteiger partial charge < -0.3 is 15.2 Å². The van der Waals surface area contributed by atoms with E-state index >= 15 is 0 Å². The summed E-state index contributed by atoms with van der Waals surface area (Å²) < 4.78 is 11.0. The third-order valence-electron chi connectivity index (χ3n) is 3.51. The van der Waals surface area contributed by atoms with Crippen LogP contribution in [0.2, 0.25) is 0 Å². The number of hydrogen-bond acceptors (Lipinski definition) is 4. The largest absolute Gasteiger partial charge is 0.381 e. The smallest absolute Gasteiger partial charge is 0.0596 e. The number of ether oxygens (including phenoxy) is 2. The molecule has 1 heterocycles. The highest BCUT2D eigenvalue weighted by molar-refractivity contribution is 4.80. The molecule has 17 heavy (non-hydrogen) atoms. The van der Waals surface area contributed by atoms with Crippen molar-refractivity contribution >= 4 is 0 Å². The summed E-state index contributed by atoms with van der Waals surface area (Å²) in [6.45, 7) is 8.38. The van der Waals surface area contributed by atoms with Crippen LogP contribution < -0.4 is 5.73 Å². The lowest BCUT2D eigenvalue weighted by Gasteiger charge is -2.36. The van der Waals surface area contributed by atoms with Crippen LogP contribution in [0.25, 0.3) is 0 Å². The van der Waals surface area contributed by atoms with Gasteiger partial charge in [0.15, 0.2) is 0 Å². The molecule has 1 aliphatic rings. The standard InChI is InChI=1S/C13H28N2O2/c1-11(2)17-9-6-15(3)13(10-14)12-4-7-16-8-5-12/h11-13H,4-10,14H2,1-3H3. The molecule has 1 atom stereocenters. The molecule has 0 bridgehead atoms. The molecule has 1 aliphatic heterocycles. The highest BCUT2D eigenvalue weighted by atomic mass is 16.5. The molecule has 0 aliphatic carbocycles. The van der Waals surface area contributed by atoms with Gasteiger partial charge in [-0.2, -0.15) is 0 Å². The molecule has 2 N–H and O–H groups in total. The summed E-state index contributed by atoms with van der Waals surface area (Å²) in [5.74, 6) is 0.679. The van der Waals surface area contributed by atoms with E-state index in [2.05, 4.69) is 25.8 Å². The molecule has 0 aromatic heterocycles. The van der Waals surface area contributed by atoms with Crippen molar-refractivity contribution in [2.24, 2.45) is 11.7 Å². The molecule has 1 saturated heterocycles. The summed E-state index contributed by atoms with van der Waals surface area (Å²) in [4.78, 5) is 2.35. The van der Waals surface area contributed by atoms with Gasteiger partial charge in [0, 0.05) is 32.3 Å². The monoisotopic (exact) mass is 244 g/mol. The van der Waals surface area contributed by atoms with E-state index in [0.29, 0.717) is 18.1 Å². The fourth-order valence-corrected chi connectivity index (χ4v) is 2.43. The number of rotatable bonds is 7. The van der Waals surface area contributed by atoms with Gasteiger partial charge in [-0.3, -0.25) is 4.90 Å². The third-order valence-corrected chi connectivity index (χ3v) is 3.51. The lowest BCUT2D eigenvalue weighted by atomic mass is 9.91. The van der Waals surface area contributed by atoms with Crippen molar-refractivity contribution in [2.45, 2.75) is 38.8 Å². The molecule has 0 saturated carbocycles. The van der Waals surface area contributed by atoms with E-state index in [0.717, 1.165) is 45.8 Å². The first kappa shape index (κ1) is 14.9. The highest BCUT2D eigenvalue weighted by Gasteiger charge is 2.25. The first-order valence-electron chi connectivity index (χ1n) is 6.74. The zero-order valence-corrected chi connectivity index (χ0v) is 11.5. The summed E-state index contributed by atoms with van der Waals surface area (Å²) in [5, 5.41) is 0. The fourth-order valence-electron chi connectivity index (χ4n) is 2.43. The SMILES string of the molecule is CC(C)OCCN(C)C(CN)C1CCOCC1. The van der Waals surface area contributed by atoms with E-state index in [9.17, 15) is 0 Å². The first-order chi connectivity index (χ1) is 8.15. The van der Waals surface area contributed by atoms with E-state index in [4.69, 9.17) is 15.2 Å². The Morgan fingerprint density at radius 3 is 2.53 bits per heavy atom. The van der Waals surface area contributed by atoms with Crippen molar-refractivity contribution in [2.75, 3.05) is 40.0 Å². The Morgan fingerprint density at radius 1 is 1.35 bits per heavy atom. The maximum Gasteiger partial charge on any atom is 0.0596 e. The van der Waals surface area contributed by atoms with Gasteiger partial charge in [0.05, 0.1) is 12.7 Å². The van der Waals surface area contributed by atoms with E-state index < -0.39 is 0 Å². The average molecular weight is 244 g/mol. The Morgan fingerprint density at radius 2 is 2.00 bits per heavy atom. The third kappa shape index (κ3) is 5.34. The topological polar surface area (TPSA) is 47.7 Å². The molecule has 1 fully saturated rings. The van der Waals surface area contributed by atoms with Gasteiger partial charge in [-0.05, 0) is 39.7 Å². The maximum atomic E-state index is 5.91. The van der Waals surface area contributed by atoms with Crippen LogP contribution in [0.5, 0.6) is 0 Å².